The zero-order valence-corrected chi connectivity index (χ0v) is 12.5. The number of sulfonamides is 1. The Morgan fingerprint density at radius 2 is 2.11 bits per heavy atom. The van der Waals surface area contributed by atoms with Gasteiger partial charge in [-0.05, 0) is 43.4 Å². The van der Waals surface area contributed by atoms with Gasteiger partial charge in [0.25, 0.3) is 0 Å². The second kappa shape index (κ2) is 5.28. The summed E-state index contributed by atoms with van der Waals surface area (Å²) in [5, 5.41) is 9.16. The minimum atomic E-state index is -3.46. The van der Waals surface area contributed by atoms with Gasteiger partial charge in [0.05, 0.1) is 11.0 Å². The summed E-state index contributed by atoms with van der Waals surface area (Å²) in [7, 11) is -3.46. The average Bonchev–Trinajstić information content (AvgIpc) is 2.26. The van der Waals surface area contributed by atoms with E-state index in [1.165, 1.54) is 0 Å². The molecule has 6 heteroatoms. The van der Waals surface area contributed by atoms with Crippen molar-refractivity contribution in [2.45, 2.75) is 30.8 Å². The van der Waals surface area contributed by atoms with E-state index in [1.54, 1.807) is 19.1 Å². The van der Waals surface area contributed by atoms with Crippen molar-refractivity contribution in [3.05, 3.63) is 28.2 Å². The third-order valence-corrected chi connectivity index (χ3v) is 5.27. The van der Waals surface area contributed by atoms with Gasteiger partial charge in [0.15, 0.2) is 0 Å². The van der Waals surface area contributed by atoms with Crippen LogP contribution in [0.5, 0.6) is 0 Å². The molecule has 0 aliphatic heterocycles. The molecule has 0 radical (unpaired) electrons. The fourth-order valence-corrected chi connectivity index (χ4v) is 3.93. The molecule has 100 valence electrons. The first-order chi connectivity index (χ1) is 8.38. The van der Waals surface area contributed by atoms with Crippen LogP contribution in [-0.2, 0) is 10.0 Å². The highest BCUT2D eigenvalue weighted by molar-refractivity contribution is 9.10. The van der Waals surface area contributed by atoms with E-state index >= 15 is 0 Å². The van der Waals surface area contributed by atoms with E-state index in [0.29, 0.717) is 24.3 Å². The summed E-state index contributed by atoms with van der Waals surface area (Å²) < 4.78 is 27.6. The Bertz CT molecular complexity index is 538. The predicted octanol–water partition coefficient (Wildman–Crippen LogP) is 1.81. The maximum absolute atomic E-state index is 12.1. The number of aliphatic hydroxyl groups excluding tert-OH is 1. The first kappa shape index (κ1) is 14.0. The van der Waals surface area contributed by atoms with Crippen LogP contribution in [0.4, 0.5) is 0 Å². The monoisotopic (exact) mass is 333 g/mol. The van der Waals surface area contributed by atoms with Crippen molar-refractivity contribution >= 4 is 26.0 Å². The minimum absolute atomic E-state index is 0.252. The number of halogens is 1. The topological polar surface area (TPSA) is 66.4 Å². The molecule has 0 atom stereocenters. The van der Waals surface area contributed by atoms with E-state index < -0.39 is 10.0 Å². The number of aryl methyl sites for hydroxylation is 1. The van der Waals surface area contributed by atoms with Crippen molar-refractivity contribution in [2.24, 2.45) is 5.92 Å². The zero-order valence-electron chi connectivity index (χ0n) is 10.1. The number of aliphatic hydroxyl groups is 1. The molecule has 0 spiro atoms. The molecule has 1 saturated carbocycles. The van der Waals surface area contributed by atoms with Crippen molar-refractivity contribution in [2.75, 3.05) is 6.54 Å². The molecule has 1 fully saturated rings. The molecule has 0 amide bonds. The first-order valence-electron chi connectivity index (χ1n) is 5.82. The highest BCUT2D eigenvalue weighted by atomic mass is 79.9. The largest absolute Gasteiger partial charge is 0.393 e. The SMILES string of the molecule is Cc1ccc(Br)cc1S(=O)(=O)NCC1CC(O)C1. The lowest BCUT2D eigenvalue weighted by Gasteiger charge is -2.31. The summed E-state index contributed by atoms with van der Waals surface area (Å²) in [6.45, 7) is 2.17. The summed E-state index contributed by atoms with van der Waals surface area (Å²) in [5.74, 6) is 0.252. The Balaban J connectivity index is 2.08. The normalized spacial score (nSPS) is 23.7. The smallest absolute Gasteiger partial charge is 0.240 e. The summed E-state index contributed by atoms with van der Waals surface area (Å²) >= 11 is 3.28. The lowest BCUT2D eigenvalue weighted by molar-refractivity contribution is 0.0453. The molecule has 2 N–H and O–H groups in total. The van der Waals surface area contributed by atoms with Gasteiger partial charge < -0.3 is 5.11 Å². The van der Waals surface area contributed by atoms with E-state index in [2.05, 4.69) is 20.7 Å². The number of rotatable bonds is 4. The lowest BCUT2D eigenvalue weighted by atomic mass is 9.83. The molecular formula is C12H16BrNO3S. The summed E-state index contributed by atoms with van der Waals surface area (Å²) in [6, 6.07) is 5.19. The molecule has 0 saturated heterocycles. The lowest BCUT2D eigenvalue weighted by Crippen LogP contribution is -2.38. The molecule has 0 unspecified atom stereocenters. The number of hydrogen-bond donors (Lipinski definition) is 2. The fourth-order valence-electron chi connectivity index (χ4n) is 2.04. The maximum atomic E-state index is 12.1. The van der Waals surface area contributed by atoms with Gasteiger partial charge in [-0.2, -0.15) is 0 Å². The number of hydrogen-bond acceptors (Lipinski definition) is 3. The van der Waals surface area contributed by atoms with Crippen LogP contribution in [-0.4, -0.2) is 26.2 Å². The summed E-state index contributed by atoms with van der Waals surface area (Å²) in [4.78, 5) is 0.303. The standard InChI is InChI=1S/C12H16BrNO3S/c1-8-2-3-10(13)6-12(8)18(16,17)14-7-9-4-11(15)5-9/h2-3,6,9,11,14-15H,4-5,7H2,1H3. The third-order valence-electron chi connectivity index (χ3n) is 3.21. The Labute approximate surface area is 116 Å². The van der Waals surface area contributed by atoms with Gasteiger partial charge in [0.2, 0.25) is 10.0 Å². The Morgan fingerprint density at radius 1 is 1.44 bits per heavy atom. The molecule has 0 aromatic heterocycles. The van der Waals surface area contributed by atoms with Gasteiger partial charge in [0, 0.05) is 11.0 Å². The summed E-state index contributed by atoms with van der Waals surface area (Å²) in [5.41, 5.74) is 0.722. The van der Waals surface area contributed by atoms with E-state index in [-0.39, 0.29) is 12.0 Å². The Morgan fingerprint density at radius 3 is 2.72 bits per heavy atom. The quantitative estimate of drug-likeness (QED) is 0.883. The van der Waals surface area contributed by atoms with Crippen LogP contribution in [0.3, 0.4) is 0 Å². The van der Waals surface area contributed by atoms with Crippen molar-refractivity contribution in [1.29, 1.82) is 0 Å². The maximum Gasteiger partial charge on any atom is 0.240 e. The zero-order chi connectivity index (χ0) is 13.3. The highest BCUT2D eigenvalue weighted by Gasteiger charge is 2.28. The van der Waals surface area contributed by atoms with Gasteiger partial charge in [-0.3, -0.25) is 0 Å². The van der Waals surface area contributed by atoms with Gasteiger partial charge in [-0.1, -0.05) is 22.0 Å². The van der Waals surface area contributed by atoms with Crippen molar-refractivity contribution in [3.63, 3.8) is 0 Å². The molecule has 0 heterocycles. The summed E-state index contributed by atoms with van der Waals surface area (Å²) in [6.07, 6.45) is 1.10. The predicted molar refractivity (Wildman–Crippen MR) is 72.8 cm³/mol. The molecule has 1 aromatic carbocycles. The van der Waals surface area contributed by atoms with Crippen LogP contribution in [0.2, 0.25) is 0 Å². The number of benzene rings is 1. The average molecular weight is 334 g/mol. The Hall–Kier alpha value is -0.430. The van der Waals surface area contributed by atoms with Crippen LogP contribution in [0, 0.1) is 12.8 Å². The molecular weight excluding hydrogens is 318 g/mol. The molecule has 1 aliphatic rings. The molecule has 2 rings (SSSR count). The van der Waals surface area contributed by atoms with E-state index in [4.69, 9.17) is 5.11 Å². The highest BCUT2D eigenvalue weighted by Crippen LogP contribution is 2.27. The van der Waals surface area contributed by atoms with Gasteiger partial charge in [-0.15, -0.1) is 0 Å². The van der Waals surface area contributed by atoms with Crippen molar-refractivity contribution in [1.82, 2.24) is 4.72 Å². The molecule has 1 aliphatic carbocycles. The van der Waals surface area contributed by atoms with Crippen LogP contribution < -0.4 is 4.72 Å². The molecule has 18 heavy (non-hydrogen) atoms. The van der Waals surface area contributed by atoms with Gasteiger partial charge in [0.1, 0.15) is 0 Å². The molecule has 1 aromatic rings. The van der Waals surface area contributed by atoms with E-state index in [1.807, 2.05) is 6.07 Å². The van der Waals surface area contributed by atoms with Gasteiger partial charge in [-0.25, -0.2) is 13.1 Å². The first-order valence-corrected chi connectivity index (χ1v) is 8.10. The fraction of sp³-hybridized carbons (Fsp3) is 0.500. The van der Waals surface area contributed by atoms with Crippen LogP contribution in [0.25, 0.3) is 0 Å². The second-order valence-corrected chi connectivity index (χ2v) is 7.40. The third kappa shape index (κ3) is 3.12. The number of nitrogens with one attached hydrogen (secondary N) is 1. The van der Waals surface area contributed by atoms with E-state index in [0.717, 1.165) is 10.0 Å². The molecule has 0 bridgehead atoms. The van der Waals surface area contributed by atoms with Gasteiger partial charge >= 0.3 is 0 Å². The van der Waals surface area contributed by atoms with Crippen LogP contribution in [0.15, 0.2) is 27.6 Å². The minimum Gasteiger partial charge on any atom is -0.393 e. The van der Waals surface area contributed by atoms with Crippen LogP contribution >= 0.6 is 15.9 Å². The van der Waals surface area contributed by atoms with Crippen molar-refractivity contribution in [3.8, 4) is 0 Å². The Kier molecular flexibility index (Phi) is 4.11. The van der Waals surface area contributed by atoms with E-state index in [9.17, 15) is 8.42 Å². The van der Waals surface area contributed by atoms with Crippen molar-refractivity contribution < 1.29 is 13.5 Å². The molecule has 4 nitrogen and oxygen atoms in total. The second-order valence-electron chi connectivity index (χ2n) is 4.75. The van der Waals surface area contributed by atoms with Crippen LogP contribution in [0.1, 0.15) is 18.4 Å².